The Morgan fingerprint density at radius 2 is 1.84 bits per heavy atom. The molecule has 0 aliphatic rings. The number of aromatic nitrogens is 2. The van der Waals surface area contributed by atoms with Gasteiger partial charge in [0.15, 0.2) is 0 Å². The van der Waals surface area contributed by atoms with Crippen LogP contribution in [0.25, 0.3) is 0 Å². The predicted molar refractivity (Wildman–Crippen MR) is 76.5 cm³/mol. The molecule has 0 bridgehead atoms. The van der Waals surface area contributed by atoms with E-state index in [0.29, 0.717) is 11.8 Å². The monoisotopic (exact) mass is 257 g/mol. The molecule has 4 heteroatoms. The van der Waals surface area contributed by atoms with Crippen LogP contribution in [0.15, 0.2) is 24.5 Å². The summed E-state index contributed by atoms with van der Waals surface area (Å²) >= 11 is 0. The SMILES string of the molecule is Cc1cc(Oc2cc(C)c(N)cc2C(C)C)ncn1. The Bertz CT molecular complexity index is 594. The van der Waals surface area contributed by atoms with E-state index in [1.54, 1.807) is 0 Å². The molecule has 1 aromatic carbocycles. The lowest BCUT2D eigenvalue weighted by Gasteiger charge is -2.15. The van der Waals surface area contributed by atoms with E-state index in [4.69, 9.17) is 10.5 Å². The van der Waals surface area contributed by atoms with Crippen molar-refractivity contribution < 1.29 is 4.74 Å². The largest absolute Gasteiger partial charge is 0.439 e. The number of nitrogens with two attached hydrogens (primary N) is 1. The second-order valence-corrected chi connectivity index (χ2v) is 5.00. The summed E-state index contributed by atoms with van der Waals surface area (Å²) in [6, 6.07) is 5.75. The summed E-state index contributed by atoms with van der Waals surface area (Å²) in [6.07, 6.45) is 1.50. The standard InChI is InChI=1S/C15H19N3O/c1-9(2)12-7-13(16)10(3)5-14(12)19-15-6-11(4)17-8-18-15/h5-9H,16H2,1-4H3. The topological polar surface area (TPSA) is 61.0 Å². The molecule has 0 atom stereocenters. The van der Waals surface area contributed by atoms with Crippen molar-refractivity contribution >= 4 is 5.69 Å². The van der Waals surface area contributed by atoms with Crippen LogP contribution in [0.1, 0.15) is 36.6 Å². The van der Waals surface area contributed by atoms with Crippen LogP contribution in [0.2, 0.25) is 0 Å². The molecule has 100 valence electrons. The molecule has 0 spiro atoms. The van der Waals surface area contributed by atoms with Crippen molar-refractivity contribution in [3.05, 3.63) is 41.3 Å². The van der Waals surface area contributed by atoms with Crippen LogP contribution in [0.3, 0.4) is 0 Å². The molecule has 1 aromatic heterocycles. The van der Waals surface area contributed by atoms with Crippen LogP contribution >= 0.6 is 0 Å². The number of aryl methyl sites for hydroxylation is 2. The highest BCUT2D eigenvalue weighted by molar-refractivity contribution is 5.55. The van der Waals surface area contributed by atoms with Gasteiger partial charge in [0.2, 0.25) is 5.88 Å². The van der Waals surface area contributed by atoms with Crippen molar-refractivity contribution in [2.24, 2.45) is 0 Å². The highest BCUT2D eigenvalue weighted by Gasteiger charge is 2.12. The molecule has 0 saturated heterocycles. The molecule has 2 N–H and O–H groups in total. The van der Waals surface area contributed by atoms with Gasteiger partial charge in [0.25, 0.3) is 0 Å². The molecular weight excluding hydrogens is 238 g/mol. The zero-order chi connectivity index (χ0) is 14.0. The smallest absolute Gasteiger partial charge is 0.222 e. The summed E-state index contributed by atoms with van der Waals surface area (Å²) in [5.74, 6) is 1.69. The number of rotatable bonds is 3. The maximum absolute atomic E-state index is 5.96. The third-order valence-electron chi connectivity index (χ3n) is 3.01. The van der Waals surface area contributed by atoms with Crippen LogP contribution < -0.4 is 10.5 Å². The fourth-order valence-electron chi connectivity index (χ4n) is 1.85. The molecule has 0 amide bonds. The first kappa shape index (κ1) is 13.3. The van der Waals surface area contributed by atoms with Gasteiger partial charge in [0.05, 0.1) is 0 Å². The Labute approximate surface area is 113 Å². The van der Waals surface area contributed by atoms with Gasteiger partial charge in [-0.2, -0.15) is 0 Å². The number of nitrogens with zero attached hydrogens (tertiary/aromatic N) is 2. The summed E-state index contributed by atoms with van der Waals surface area (Å²) in [5.41, 5.74) is 9.72. The van der Waals surface area contributed by atoms with Gasteiger partial charge in [-0.25, -0.2) is 9.97 Å². The Morgan fingerprint density at radius 1 is 1.11 bits per heavy atom. The van der Waals surface area contributed by atoms with Crippen LogP contribution in [0.5, 0.6) is 11.6 Å². The Hall–Kier alpha value is -2.10. The molecule has 0 fully saturated rings. The Balaban J connectivity index is 2.41. The zero-order valence-electron chi connectivity index (χ0n) is 11.8. The maximum atomic E-state index is 5.96. The minimum absolute atomic E-state index is 0.334. The molecule has 0 aliphatic carbocycles. The number of ether oxygens (including phenoxy) is 1. The quantitative estimate of drug-likeness (QED) is 0.853. The summed E-state index contributed by atoms with van der Waals surface area (Å²) in [6.45, 7) is 8.11. The average Bonchev–Trinajstić information content (AvgIpc) is 2.33. The maximum Gasteiger partial charge on any atom is 0.222 e. The van der Waals surface area contributed by atoms with Gasteiger partial charge in [0, 0.05) is 17.4 Å². The normalized spacial score (nSPS) is 10.8. The number of anilines is 1. The number of benzene rings is 1. The summed E-state index contributed by atoms with van der Waals surface area (Å²) < 4.78 is 5.88. The zero-order valence-corrected chi connectivity index (χ0v) is 11.8. The summed E-state index contributed by atoms with van der Waals surface area (Å²) in [4.78, 5) is 8.18. The molecule has 2 aromatic rings. The first-order chi connectivity index (χ1) is 8.97. The lowest BCUT2D eigenvalue weighted by Crippen LogP contribution is -2.00. The first-order valence-corrected chi connectivity index (χ1v) is 6.34. The van der Waals surface area contributed by atoms with Gasteiger partial charge in [0.1, 0.15) is 12.1 Å². The molecule has 1 heterocycles. The number of nitrogen functional groups attached to an aromatic ring is 1. The van der Waals surface area contributed by atoms with Gasteiger partial charge in [-0.1, -0.05) is 13.8 Å². The predicted octanol–water partition coefficient (Wildman–Crippen LogP) is 3.59. The van der Waals surface area contributed by atoms with Gasteiger partial charge < -0.3 is 10.5 Å². The summed E-state index contributed by atoms with van der Waals surface area (Å²) in [7, 11) is 0. The van der Waals surface area contributed by atoms with Crippen LogP contribution in [0, 0.1) is 13.8 Å². The molecule has 0 radical (unpaired) electrons. The van der Waals surface area contributed by atoms with Crippen molar-refractivity contribution in [1.82, 2.24) is 9.97 Å². The number of hydrogen-bond donors (Lipinski definition) is 1. The minimum atomic E-state index is 0.334. The molecule has 2 rings (SSSR count). The fraction of sp³-hybridized carbons (Fsp3) is 0.333. The summed E-state index contributed by atoms with van der Waals surface area (Å²) in [5, 5.41) is 0. The van der Waals surface area contributed by atoms with E-state index in [-0.39, 0.29) is 0 Å². The molecule has 4 nitrogen and oxygen atoms in total. The van der Waals surface area contributed by atoms with E-state index >= 15 is 0 Å². The van der Waals surface area contributed by atoms with Gasteiger partial charge in [-0.05, 0) is 43.0 Å². The lowest BCUT2D eigenvalue weighted by molar-refractivity contribution is 0.452. The van der Waals surface area contributed by atoms with Crippen molar-refractivity contribution in [1.29, 1.82) is 0 Å². The average molecular weight is 257 g/mol. The van der Waals surface area contributed by atoms with E-state index in [9.17, 15) is 0 Å². The number of hydrogen-bond acceptors (Lipinski definition) is 4. The van der Waals surface area contributed by atoms with Gasteiger partial charge in [-0.15, -0.1) is 0 Å². The highest BCUT2D eigenvalue weighted by Crippen LogP contribution is 2.33. The van der Waals surface area contributed by atoms with E-state index in [0.717, 1.165) is 28.3 Å². The Kier molecular flexibility index (Phi) is 3.69. The van der Waals surface area contributed by atoms with Crippen LogP contribution in [-0.2, 0) is 0 Å². The van der Waals surface area contributed by atoms with Crippen LogP contribution in [0.4, 0.5) is 5.69 Å². The highest BCUT2D eigenvalue weighted by atomic mass is 16.5. The van der Waals surface area contributed by atoms with E-state index in [2.05, 4.69) is 23.8 Å². The van der Waals surface area contributed by atoms with Crippen molar-refractivity contribution in [3.63, 3.8) is 0 Å². The van der Waals surface area contributed by atoms with Crippen molar-refractivity contribution in [2.45, 2.75) is 33.6 Å². The fourth-order valence-corrected chi connectivity index (χ4v) is 1.85. The molecule has 19 heavy (non-hydrogen) atoms. The first-order valence-electron chi connectivity index (χ1n) is 6.34. The second kappa shape index (κ2) is 5.26. The minimum Gasteiger partial charge on any atom is -0.439 e. The molecular formula is C15H19N3O. The van der Waals surface area contributed by atoms with Gasteiger partial charge >= 0.3 is 0 Å². The molecule has 0 aliphatic heterocycles. The van der Waals surface area contributed by atoms with E-state index in [1.807, 2.05) is 32.0 Å². The van der Waals surface area contributed by atoms with E-state index in [1.165, 1.54) is 6.33 Å². The Morgan fingerprint density at radius 3 is 2.47 bits per heavy atom. The van der Waals surface area contributed by atoms with Crippen molar-refractivity contribution in [3.8, 4) is 11.6 Å². The molecule has 0 saturated carbocycles. The third-order valence-corrected chi connectivity index (χ3v) is 3.01. The van der Waals surface area contributed by atoms with Crippen molar-refractivity contribution in [2.75, 3.05) is 5.73 Å². The van der Waals surface area contributed by atoms with Gasteiger partial charge in [-0.3, -0.25) is 0 Å². The third kappa shape index (κ3) is 3.02. The second-order valence-electron chi connectivity index (χ2n) is 5.00. The van der Waals surface area contributed by atoms with E-state index < -0.39 is 0 Å². The lowest BCUT2D eigenvalue weighted by atomic mass is 9.99. The van der Waals surface area contributed by atoms with Crippen LogP contribution in [-0.4, -0.2) is 9.97 Å². The molecule has 0 unspecified atom stereocenters.